The Hall–Kier alpha value is -2.12. The molecule has 0 radical (unpaired) electrons. The third-order valence-electron chi connectivity index (χ3n) is 1.90. The fourth-order valence-corrected chi connectivity index (χ4v) is 0.767. The highest BCUT2D eigenvalue weighted by Crippen LogP contribution is 1.85. The summed E-state index contributed by atoms with van der Waals surface area (Å²) in [6.45, 7) is 13.3. The van der Waals surface area contributed by atoms with Crippen LogP contribution >= 0.6 is 0 Å². The van der Waals surface area contributed by atoms with E-state index in [9.17, 15) is 19.2 Å². The van der Waals surface area contributed by atoms with Crippen LogP contribution in [0.3, 0.4) is 0 Å². The van der Waals surface area contributed by atoms with Gasteiger partial charge in [0.25, 0.3) is 0 Å². The highest BCUT2D eigenvalue weighted by molar-refractivity contribution is 5.68. The fourth-order valence-electron chi connectivity index (χ4n) is 0.767. The Morgan fingerprint density at radius 2 is 1.04 bits per heavy atom. The average molecular weight is 397 g/mol. The van der Waals surface area contributed by atoms with Crippen LogP contribution in [-0.2, 0) is 38.1 Å². The van der Waals surface area contributed by atoms with Crippen LogP contribution in [0.5, 0.6) is 0 Å². The predicted molar refractivity (Wildman–Crippen MR) is 105 cm³/mol. The van der Waals surface area contributed by atoms with Gasteiger partial charge in [0, 0.05) is 27.2 Å². The number of rotatable bonds is 6. The van der Waals surface area contributed by atoms with Crippen molar-refractivity contribution in [1.29, 1.82) is 0 Å². The van der Waals surface area contributed by atoms with Gasteiger partial charge in [0.15, 0.2) is 0 Å². The summed E-state index contributed by atoms with van der Waals surface area (Å²) in [5, 5.41) is 0. The maximum absolute atomic E-state index is 10.3. The Labute approximate surface area is 164 Å². The zero-order chi connectivity index (χ0) is 21.4. The Morgan fingerprint density at radius 1 is 0.667 bits per heavy atom. The summed E-state index contributed by atoms with van der Waals surface area (Å²) in [7, 11) is 1.35. The summed E-state index contributed by atoms with van der Waals surface area (Å²) in [6.07, 6.45) is 2.30. The molecule has 8 heteroatoms. The molecule has 0 aromatic rings. The Bertz CT molecular complexity index is 354. The second kappa shape index (κ2) is 31.6. The van der Waals surface area contributed by atoms with Crippen LogP contribution in [-0.4, -0.2) is 50.8 Å². The van der Waals surface area contributed by atoms with Crippen molar-refractivity contribution in [2.45, 2.75) is 75.2 Å². The molecule has 0 N–H and O–H groups in total. The summed E-state index contributed by atoms with van der Waals surface area (Å²) in [6, 6.07) is 0. The molecule has 0 aromatic carbocycles. The van der Waals surface area contributed by atoms with Gasteiger partial charge in [0.1, 0.15) is 0 Å². The van der Waals surface area contributed by atoms with Crippen LogP contribution < -0.4 is 0 Å². The largest absolute Gasteiger partial charge is 0.469 e. The second-order valence-corrected chi connectivity index (χ2v) is 4.53. The van der Waals surface area contributed by atoms with Gasteiger partial charge in [-0.15, -0.1) is 0 Å². The lowest BCUT2D eigenvalue weighted by molar-refractivity contribution is -0.143. The van der Waals surface area contributed by atoms with Crippen molar-refractivity contribution in [2.24, 2.45) is 0 Å². The van der Waals surface area contributed by atoms with Gasteiger partial charge in [-0.3, -0.25) is 19.2 Å². The zero-order valence-corrected chi connectivity index (χ0v) is 17.5. The van der Waals surface area contributed by atoms with Gasteiger partial charge in [-0.05, 0) is 19.8 Å². The van der Waals surface area contributed by atoms with Crippen LogP contribution in [0.1, 0.15) is 75.2 Å². The van der Waals surface area contributed by atoms with Crippen molar-refractivity contribution in [3.63, 3.8) is 0 Å². The average Bonchev–Trinajstić information content (AvgIpc) is 2.59. The molecule has 0 atom stereocenters. The number of carbonyl (C=O) groups is 4. The lowest BCUT2D eigenvalue weighted by atomic mass is 10.5. The zero-order valence-electron chi connectivity index (χ0n) is 17.5. The molecule has 0 saturated heterocycles. The van der Waals surface area contributed by atoms with E-state index < -0.39 is 0 Å². The molecule has 0 aliphatic rings. The van der Waals surface area contributed by atoms with Crippen molar-refractivity contribution in [1.82, 2.24) is 0 Å². The highest BCUT2D eigenvalue weighted by Gasteiger charge is 1.93. The number of esters is 4. The molecular formula is C19H40O8. The number of ether oxygens (including phenoxy) is 4. The molecule has 0 aliphatic carbocycles. The minimum absolute atomic E-state index is 0. The van der Waals surface area contributed by atoms with E-state index in [4.69, 9.17) is 4.74 Å². The Morgan fingerprint density at radius 3 is 1.19 bits per heavy atom. The van der Waals surface area contributed by atoms with Crippen LogP contribution in [0.4, 0.5) is 0 Å². The van der Waals surface area contributed by atoms with Gasteiger partial charge < -0.3 is 18.9 Å². The van der Waals surface area contributed by atoms with Crippen molar-refractivity contribution in [3.8, 4) is 0 Å². The second-order valence-electron chi connectivity index (χ2n) is 4.53. The molecule has 0 bridgehead atoms. The fraction of sp³-hybridized carbons (Fsp3) is 0.789. The third kappa shape index (κ3) is 68.9. The predicted octanol–water partition coefficient (Wildman–Crippen LogP) is 3.69. The lowest BCUT2D eigenvalue weighted by Gasteiger charge is -1.97. The van der Waals surface area contributed by atoms with Gasteiger partial charge in [0.05, 0.1) is 26.9 Å². The van der Waals surface area contributed by atoms with E-state index in [2.05, 4.69) is 14.2 Å². The standard InChI is InChI=1S/C6H12O2.C5H10O2.C4H8O2.C3H6O2.CH4/c1-3-5-8-6(7)4-2;1-3-4-7-5(2)6;1-3-6-4(2)5;1-3(4)5-2;/h3-5H2,1-2H3;3-4H2,1-2H3;3H2,1-2H3;1-2H3;1H4. The molecule has 8 nitrogen and oxygen atoms in total. The van der Waals surface area contributed by atoms with Crippen molar-refractivity contribution < 1.29 is 38.1 Å². The van der Waals surface area contributed by atoms with E-state index in [1.54, 1.807) is 13.8 Å². The molecule has 0 spiro atoms. The summed E-state index contributed by atoms with van der Waals surface area (Å²) < 4.78 is 17.8. The Kier molecular flexibility index (Phi) is 42.1. The number of hydrogen-bond donors (Lipinski definition) is 0. The van der Waals surface area contributed by atoms with Crippen LogP contribution in [0.2, 0.25) is 0 Å². The number of hydrogen-bond acceptors (Lipinski definition) is 8. The van der Waals surface area contributed by atoms with Gasteiger partial charge in [-0.1, -0.05) is 28.2 Å². The first-order valence-corrected chi connectivity index (χ1v) is 8.59. The number of carbonyl (C=O) groups excluding carboxylic acids is 4. The van der Waals surface area contributed by atoms with Gasteiger partial charge in [0.2, 0.25) is 0 Å². The summed E-state index contributed by atoms with van der Waals surface area (Å²) in [5.74, 6) is -0.754. The smallest absolute Gasteiger partial charge is 0.305 e. The SMILES string of the molecule is C.CCCOC(=O)CC.CCCOC(C)=O.CCOC(C)=O.COC(C)=O. The summed E-state index contributed by atoms with van der Waals surface area (Å²) >= 11 is 0. The molecule has 27 heavy (non-hydrogen) atoms. The molecule has 0 unspecified atom stereocenters. The van der Waals surface area contributed by atoms with E-state index in [1.165, 1.54) is 27.9 Å². The van der Waals surface area contributed by atoms with E-state index in [0.717, 1.165) is 12.8 Å². The van der Waals surface area contributed by atoms with Gasteiger partial charge in [-0.2, -0.15) is 0 Å². The van der Waals surface area contributed by atoms with Crippen LogP contribution in [0.15, 0.2) is 0 Å². The minimum Gasteiger partial charge on any atom is -0.469 e. The summed E-state index contributed by atoms with van der Waals surface area (Å²) in [5.41, 5.74) is 0. The molecule has 0 aliphatic heterocycles. The normalized spacial score (nSPS) is 7.70. The molecule has 0 amide bonds. The molecule has 164 valence electrons. The van der Waals surface area contributed by atoms with Crippen molar-refractivity contribution >= 4 is 23.9 Å². The van der Waals surface area contributed by atoms with Crippen molar-refractivity contribution in [2.75, 3.05) is 26.9 Å². The quantitative estimate of drug-likeness (QED) is 0.494. The Balaban J connectivity index is -0.0000000798. The maximum atomic E-state index is 10.3. The minimum atomic E-state index is -0.245. The molecule has 0 rings (SSSR count). The van der Waals surface area contributed by atoms with E-state index in [1.807, 2.05) is 13.8 Å². The molecule has 0 fully saturated rings. The third-order valence-corrected chi connectivity index (χ3v) is 1.90. The van der Waals surface area contributed by atoms with E-state index in [-0.39, 0.29) is 31.3 Å². The first-order chi connectivity index (χ1) is 12.1. The van der Waals surface area contributed by atoms with Crippen molar-refractivity contribution in [3.05, 3.63) is 0 Å². The highest BCUT2D eigenvalue weighted by atomic mass is 16.5. The maximum Gasteiger partial charge on any atom is 0.305 e. The first kappa shape index (κ1) is 35.9. The number of methoxy groups -OCH3 is 1. The monoisotopic (exact) mass is 396 g/mol. The van der Waals surface area contributed by atoms with Gasteiger partial charge >= 0.3 is 23.9 Å². The molecular weight excluding hydrogens is 356 g/mol. The van der Waals surface area contributed by atoms with Gasteiger partial charge in [-0.25, -0.2) is 0 Å². The molecule has 0 saturated carbocycles. The van der Waals surface area contributed by atoms with E-state index >= 15 is 0 Å². The topological polar surface area (TPSA) is 105 Å². The van der Waals surface area contributed by atoms with Crippen LogP contribution in [0, 0.1) is 0 Å². The van der Waals surface area contributed by atoms with E-state index in [0.29, 0.717) is 26.2 Å². The lowest BCUT2D eigenvalue weighted by Crippen LogP contribution is -2.02. The first-order valence-electron chi connectivity index (χ1n) is 8.59. The van der Waals surface area contributed by atoms with Crippen LogP contribution in [0.25, 0.3) is 0 Å². The summed E-state index contributed by atoms with van der Waals surface area (Å²) in [4.78, 5) is 39.7. The molecule has 0 heterocycles. The molecule has 0 aromatic heterocycles.